The highest BCUT2D eigenvalue weighted by Crippen LogP contribution is 2.13. The molecule has 1 rings (SSSR count). The van der Waals surface area contributed by atoms with Crippen molar-refractivity contribution < 1.29 is 18.3 Å². The number of ether oxygens (including phenoxy) is 1. The van der Waals surface area contributed by atoms with Crippen LogP contribution in [0.3, 0.4) is 0 Å². The molecule has 0 aliphatic rings. The van der Waals surface area contributed by atoms with Crippen LogP contribution in [0.2, 0.25) is 0 Å². The van der Waals surface area contributed by atoms with E-state index in [4.69, 9.17) is 15.6 Å². The number of aliphatic hydroxyl groups is 1. The van der Waals surface area contributed by atoms with Gasteiger partial charge in [-0.1, -0.05) is 0 Å². The molecule has 0 radical (unpaired) electrons. The Morgan fingerprint density at radius 3 is 2.45 bits per heavy atom. The lowest BCUT2D eigenvalue weighted by atomic mass is 10.0. The molecule has 0 saturated carbocycles. The second-order valence-electron chi connectivity index (χ2n) is 5.20. The second kappa shape index (κ2) is 6.92. The number of hydrogen-bond acceptors (Lipinski definition) is 5. The SMILES string of the molecule is CC(C)(CCO)NS(=O)(=O)CCOc1ccc(N)cc1. The number of anilines is 1. The Morgan fingerprint density at radius 2 is 1.90 bits per heavy atom. The summed E-state index contributed by atoms with van der Waals surface area (Å²) in [4.78, 5) is 0. The van der Waals surface area contributed by atoms with E-state index in [2.05, 4.69) is 4.72 Å². The van der Waals surface area contributed by atoms with Gasteiger partial charge in [-0.3, -0.25) is 0 Å². The van der Waals surface area contributed by atoms with Gasteiger partial charge in [0.1, 0.15) is 12.4 Å². The van der Waals surface area contributed by atoms with Crippen molar-refractivity contribution in [2.45, 2.75) is 25.8 Å². The van der Waals surface area contributed by atoms with Gasteiger partial charge in [0.2, 0.25) is 10.0 Å². The maximum absolute atomic E-state index is 11.9. The minimum Gasteiger partial charge on any atom is -0.492 e. The highest BCUT2D eigenvalue weighted by Gasteiger charge is 2.24. The van der Waals surface area contributed by atoms with Gasteiger partial charge < -0.3 is 15.6 Å². The number of nitrogens with two attached hydrogens (primary N) is 1. The molecule has 1 aromatic rings. The van der Waals surface area contributed by atoms with Crippen LogP contribution in [0.4, 0.5) is 5.69 Å². The predicted molar refractivity (Wildman–Crippen MR) is 79.1 cm³/mol. The standard InChI is InChI=1S/C13H22N2O4S/c1-13(2,7-8-16)15-20(17,18)10-9-19-12-5-3-11(14)4-6-12/h3-6,15-16H,7-10,14H2,1-2H3. The van der Waals surface area contributed by atoms with Gasteiger partial charge in [0, 0.05) is 17.8 Å². The lowest BCUT2D eigenvalue weighted by Crippen LogP contribution is -2.45. The molecule has 6 nitrogen and oxygen atoms in total. The molecule has 0 spiro atoms. The summed E-state index contributed by atoms with van der Waals surface area (Å²) in [6.45, 7) is 3.43. The molecule has 0 heterocycles. The number of nitrogen functional groups attached to an aromatic ring is 1. The zero-order valence-electron chi connectivity index (χ0n) is 11.8. The molecule has 4 N–H and O–H groups in total. The van der Waals surface area contributed by atoms with Crippen LogP contribution >= 0.6 is 0 Å². The first kappa shape index (κ1) is 16.7. The fourth-order valence-electron chi connectivity index (χ4n) is 1.64. The maximum Gasteiger partial charge on any atom is 0.215 e. The largest absolute Gasteiger partial charge is 0.492 e. The van der Waals surface area contributed by atoms with E-state index in [1.54, 1.807) is 38.1 Å². The molecule has 0 bridgehead atoms. The van der Waals surface area contributed by atoms with Crippen molar-refractivity contribution in [1.82, 2.24) is 4.72 Å². The number of nitrogens with one attached hydrogen (secondary N) is 1. The Balaban J connectivity index is 2.45. The van der Waals surface area contributed by atoms with E-state index < -0.39 is 15.6 Å². The number of aliphatic hydroxyl groups excluding tert-OH is 1. The molecular weight excluding hydrogens is 280 g/mol. The van der Waals surface area contributed by atoms with E-state index in [0.29, 0.717) is 17.9 Å². The molecule has 20 heavy (non-hydrogen) atoms. The summed E-state index contributed by atoms with van der Waals surface area (Å²) >= 11 is 0. The first-order valence-electron chi connectivity index (χ1n) is 6.35. The zero-order chi connectivity index (χ0) is 15.2. The normalized spacial score (nSPS) is 12.3. The van der Waals surface area contributed by atoms with Crippen LogP contribution in [-0.4, -0.2) is 38.0 Å². The molecule has 0 aliphatic carbocycles. The Morgan fingerprint density at radius 1 is 1.30 bits per heavy atom. The predicted octanol–water partition coefficient (Wildman–Crippen LogP) is 0.728. The van der Waals surface area contributed by atoms with Gasteiger partial charge in [-0.2, -0.15) is 0 Å². The minimum atomic E-state index is -3.45. The van der Waals surface area contributed by atoms with Gasteiger partial charge in [-0.25, -0.2) is 13.1 Å². The van der Waals surface area contributed by atoms with Gasteiger partial charge in [-0.15, -0.1) is 0 Å². The average Bonchev–Trinajstić information content (AvgIpc) is 2.29. The summed E-state index contributed by atoms with van der Waals surface area (Å²) in [6.07, 6.45) is 0.352. The van der Waals surface area contributed by atoms with Crippen LogP contribution in [0.5, 0.6) is 5.75 Å². The van der Waals surface area contributed by atoms with Crippen molar-refractivity contribution in [2.24, 2.45) is 0 Å². The van der Waals surface area contributed by atoms with Crippen LogP contribution in [0.1, 0.15) is 20.3 Å². The van der Waals surface area contributed by atoms with E-state index >= 15 is 0 Å². The van der Waals surface area contributed by atoms with Gasteiger partial charge in [0.05, 0.1) is 5.75 Å². The van der Waals surface area contributed by atoms with Crippen molar-refractivity contribution >= 4 is 15.7 Å². The zero-order valence-corrected chi connectivity index (χ0v) is 12.6. The van der Waals surface area contributed by atoms with E-state index in [1.807, 2.05) is 0 Å². The Kier molecular flexibility index (Phi) is 5.79. The molecule has 114 valence electrons. The van der Waals surface area contributed by atoms with Crippen molar-refractivity contribution in [1.29, 1.82) is 0 Å². The second-order valence-corrected chi connectivity index (χ2v) is 7.04. The minimum absolute atomic E-state index is 0.0501. The van der Waals surface area contributed by atoms with Gasteiger partial charge in [-0.05, 0) is 44.5 Å². The maximum atomic E-state index is 11.9. The van der Waals surface area contributed by atoms with Crippen molar-refractivity contribution in [3.63, 3.8) is 0 Å². The Labute approximate surface area is 120 Å². The van der Waals surface area contributed by atoms with Crippen LogP contribution in [0.25, 0.3) is 0 Å². The topological polar surface area (TPSA) is 102 Å². The third kappa shape index (κ3) is 6.23. The molecule has 0 amide bonds. The lowest BCUT2D eigenvalue weighted by Gasteiger charge is -2.24. The summed E-state index contributed by atoms with van der Waals surface area (Å²) in [7, 11) is -3.45. The third-order valence-electron chi connectivity index (χ3n) is 2.67. The summed E-state index contributed by atoms with van der Waals surface area (Å²) in [5.41, 5.74) is 5.49. The van der Waals surface area contributed by atoms with E-state index in [0.717, 1.165) is 0 Å². The van der Waals surface area contributed by atoms with E-state index in [1.165, 1.54) is 0 Å². The number of sulfonamides is 1. The van der Waals surface area contributed by atoms with Gasteiger partial charge in [0.15, 0.2) is 0 Å². The van der Waals surface area contributed by atoms with Crippen molar-refractivity contribution in [3.05, 3.63) is 24.3 Å². The summed E-state index contributed by atoms with van der Waals surface area (Å²) in [5, 5.41) is 8.88. The fourth-order valence-corrected chi connectivity index (χ4v) is 2.98. The molecular formula is C13H22N2O4S. The molecule has 0 fully saturated rings. The van der Waals surface area contributed by atoms with Crippen LogP contribution < -0.4 is 15.2 Å². The fraction of sp³-hybridized carbons (Fsp3) is 0.538. The molecule has 0 aromatic heterocycles. The summed E-state index contributed by atoms with van der Waals surface area (Å²) in [6, 6.07) is 6.75. The quantitative estimate of drug-likeness (QED) is 0.614. The molecule has 1 aromatic carbocycles. The Bertz CT molecular complexity index is 512. The first-order valence-corrected chi connectivity index (χ1v) is 8.00. The van der Waals surface area contributed by atoms with E-state index in [-0.39, 0.29) is 19.0 Å². The van der Waals surface area contributed by atoms with E-state index in [9.17, 15) is 8.42 Å². The molecule has 7 heteroatoms. The average molecular weight is 302 g/mol. The monoisotopic (exact) mass is 302 g/mol. The lowest BCUT2D eigenvalue weighted by molar-refractivity contribution is 0.245. The van der Waals surface area contributed by atoms with Crippen LogP contribution in [-0.2, 0) is 10.0 Å². The summed E-state index contributed by atoms with van der Waals surface area (Å²) in [5.74, 6) is 0.427. The molecule has 0 atom stereocenters. The van der Waals surface area contributed by atoms with Crippen LogP contribution in [0, 0.1) is 0 Å². The highest BCUT2D eigenvalue weighted by molar-refractivity contribution is 7.89. The summed E-state index contributed by atoms with van der Waals surface area (Å²) < 4.78 is 31.6. The van der Waals surface area contributed by atoms with Crippen LogP contribution in [0.15, 0.2) is 24.3 Å². The van der Waals surface area contributed by atoms with Crippen molar-refractivity contribution in [2.75, 3.05) is 24.7 Å². The highest BCUT2D eigenvalue weighted by atomic mass is 32.2. The Hall–Kier alpha value is -1.31. The number of rotatable bonds is 8. The molecule has 0 unspecified atom stereocenters. The van der Waals surface area contributed by atoms with Gasteiger partial charge >= 0.3 is 0 Å². The smallest absolute Gasteiger partial charge is 0.215 e. The van der Waals surface area contributed by atoms with Crippen molar-refractivity contribution in [3.8, 4) is 5.75 Å². The molecule has 0 aliphatic heterocycles. The molecule has 0 saturated heterocycles. The third-order valence-corrected chi connectivity index (χ3v) is 4.24. The first-order chi connectivity index (χ1) is 9.24. The van der Waals surface area contributed by atoms with Gasteiger partial charge in [0.25, 0.3) is 0 Å². The number of benzene rings is 1. The number of hydrogen-bond donors (Lipinski definition) is 3.